The second kappa shape index (κ2) is 6.76. The minimum atomic E-state index is -0.293. The molecule has 1 amide bonds. The zero-order valence-electron chi connectivity index (χ0n) is 13.8. The highest BCUT2D eigenvalue weighted by Gasteiger charge is 2.28. The molecule has 1 aliphatic heterocycles. The Balaban J connectivity index is 1.72. The van der Waals surface area contributed by atoms with Crippen LogP contribution in [0.25, 0.3) is 0 Å². The predicted octanol–water partition coefficient (Wildman–Crippen LogP) is 0.844. The number of aromatic nitrogens is 4. The zero-order chi connectivity index (χ0) is 17.3. The van der Waals surface area contributed by atoms with E-state index in [1.165, 1.54) is 11.8 Å². The Morgan fingerprint density at radius 2 is 2.21 bits per heavy atom. The van der Waals surface area contributed by atoms with Crippen LogP contribution in [0.15, 0.2) is 14.5 Å². The highest BCUT2D eigenvalue weighted by molar-refractivity contribution is 7.99. The van der Waals surface area contributed by atoms with Crippen molar-refractivity contribution in [2.24, 2.45) is 5.92 Å². The van der Waals surface area contributed by atoms with Crippen LogP contribution in [0, 0.1) is 19.8 Å². The Kier molecular flexibility index (Phi) is 4.70. The van der Waals surface area contributed by atoms with Crippen molar-refractivity contribution in [3.63, 3.8) is 0 Å². The van der Waals surface area contributed by atoms with Gasteiger partial charge in [-0.1, -0.05) is 23.8 Å². The molecule has 24 heavy (non-hydrogen) atoms. The van der Waals surface area contributed by atoms with Crippen molar-refractivity contribution in [2.45, 2.75) is 45.4 Å². The second-order valence-electron chi connectivity index (χ2n) is 5.69. The fraction of sp³-hybridized carbons (Fsp3) is 0.533. The molecular weight excluding hydrogens is 330 g/mol. The van der Waals surface area contributed by atoms with Gasteiger partial charge in [0.25, 0.3) is 5.56 Å². The van der Waals surface area contributed by atoms with Gasteiger partial charge >= 0.3 is 0 Å². The summed E-state index contributed by atoms with van der Waals surface area (Å²) in [5.74, 6) is 1.06. The van der Waals surface area contributed by atoms with E-state index in [-0.39, 0.29) is 23.9 Å². The molecule has 0 bridgehead atoms. The molecule has 0 fully saturated rings. The van der Waals surface area contributed by atoms with Crippen LogP contribution in [0.4, 0.5) is 0 Å². The number of nitrogens with one attached hydrogen (secondary N) is 1. The summed E-state index contributed by atoms with van der Waals surface area (Å²) < 4.78 is 6.59. The lowest BCUT2D eigenvalue weighted by molar-refractivity contribution is -0.125. The number of carbonyl (C=O) groups is 1. The first-order valence-electron chi connectivity index (χ1n) is 7.79. The molecule has 0 radical (unpaired) electrons. The maximum absolute atomic E-state index is 12.6. The monoisotopic (exact) mass is 349 g/mol. The standard InChI is InChI=1S/C15H19N5O3S/c1-4-11-8(2)17-15-20(14(11)22)6-10(7-24-15)13(21)16-5-12-18-9(3)19-23-12/h10H,4-7H2,1-3H3,(H,16,21)/t10-/m0/s1. The number of hydrogen-bond acceptors (Lipinski definition) is 7. The smallest absolute Gasteiger partial charge is 0.257 e. The third kappa shape index (κ3) is 3.21. The molecule has 0 unspecified atom stereocenters. The maximum Gasteiger partial charge on any atom is 0.257 e. The van der Waals surface area contributed by atoms with E-state index in [9.17, 15) is 9.59 Å². The van der Waals surface area contributed by atoms with Gasteiger partial charge in [-0.05, 0) is 20.3 Å². The summed E-state index contributed by atoms with van der Waals surface area (Å²) in [7, 11) is 0. The fourth-order valence-electron chi connectivity index (χ4n) is 2.68. The highest BCUT2D eigenvalue weighted by Crippen LogP contribution is 2.26. The first-order chi connectivity index (χ1) is 11.5. The molecule has 0 spiro atoms. The van der Waals surface area contributed by atoms with Gasteiger partial charge in [-0.25, -0.2) is 4.98 Å². The largest absolute Gasteiger partial charge is 0.347 e. The van der Waals surface area contributed by atoms with Gasteiger partial charge in [-0.15, -0.1) is 0 Å². The third-order valence-corrected chi connectivity index (χ3v) is 5.10. The van der Waals surface area contributed by atoms with Gasteiger partial charge in [-0.3, -0.25) is 14.2 Å². The lowest BCUT2D eigenvalue weighted by atomic mass is 10.1. The van der Waals surface area contributed by atoms with Gasteiger partial charge in [0, 0.05) is 23.6 Å². The zero-order valence-corrected chi connectivity index (χ0v) is 14.6. The molecule has 0 aliphatic carbocycles. The number of carbonyl (C=O) groups excluding carboxylic acids is 1. The molecule has 1 N–H and O–H groups in total. The summed E-state index contributed by atoms with van der Waals surface area (Å²) in [5.41, 5.74) is 1.44. The summed E-state index contributed by atoms with van der Waals surface area (Å²) in [6, 6.07) is 0. The van der Waals surface area contributed by atoms with Crippen molar-refractivity contribution in [2.75, 3.05) is 5.75 Å². The molecule has 9 heteroatoms. The van der Waals surface area contributed by atoms with Crippen LogP contribution in [-0.2, 0) is 24.3 Å². The van der Waals surface area contributed by atoms with E-state index >= 15 is 0 Å². The summed E-state index contributed by atoms with van der Waals surface area (Å²) >= 11 is 1.44. The van der Waals surface area contributed by atoms with Crippen LogP contribution in [0.5, 0.6) is 0 Å². The molecule has 0 saturated heterocycles. The van der Waals surface area contributed by atoms with Crippen LogP contribution >= 0.6 is 11.8 Å². The Bertz CT molecular complexity index is 829. The SMILES string of the molecule is CCc1c(C)nc2n(c1=O)C[C@H](C(=O)NCc1nc(C)no1)CS2. The molecule has 128 valence electrons. The molecular formula is C15H19N5O3S. The van der Waals surface area contributed by atoms with E-state index in [4.69, 9.17) is 4.52 Å². The number of thioether (sulfide) groups is 1. The van der Waals surface area contributed by atoms with Gasteiger partial charge in [-0.2, -0.15) is 4.98 Å². The van der Waals surface area contributed by atoms with Gasteiger partial charge in [0.2, 0.25) is 11.8 Å². The Morgan fingerprint density at radius 1 is 1.42 bits per heavy atom. The van der Waals surface area contributed by atoms with E-state index in [1.54, 1.807) is 11.5 Å². The maximum atomic E-state index is 12.6. The third-order valence-electron chi connectivity index (χ3n) is 3.96. The van der Waals surface area contributed by atoms with E-state index < -0.39 is 0 Å². The van der Waals surface area contributed by atoms with E-state index in [0.29, 0.717) is 41.2 Å². The highest BCUT2D eigenvalue weighted by atomic mass is 32.2. The van der Waals surface area contributed by atoms with Crippen molar-refractivity contribution in [3.05, 3.63) is 33.3 Å². The summed E-state index contributed by atoms with van der Waals surface area (Å²) in [6.07, 6.45) is 0.635. The van der Waals surface area contributed by atoms with Crippen molar-refractivity contribution in [3.8, 4) is 0 Å². The minimum Gasteiger partial charge on any atom is -0.347 e. The predicted molar refractivity (Wildman–Crippen MR) is 87.7 cm³/mol. The first kappa shape index (κ1) is 16.7. The Hall–Kier alpha value is -2.16. The first-order valence-corrected chi connectivity index (χ1v) is 8.78. The number of rotatable bonds is 4. The minimum absolute atomic E-state index is 0.0440. The summed E-state index contributed by atoms with van der Waals surface area (Å²) in [4.78, 5) is 33.5. The van der Waals surface area contributed by atoms with E-state index in [0.717, 1.165) is 5.69 Å². The lowest BCUT2D eigenvalue weighted by Crippen LogP contribution is -2.40. The molecule has 2 aromatic heterocycles. The van der Waals surface area contributed by atoms with Crippen molar-refractivity contribution >= 4 is 17.7 Å². The number of nitrogens with zero attached hydrogens (tertiary/aromatic N) is 4. The van der Waals surface area contributed by atoms with Crippen molar-refractivity contribution < 1.29 is 9.32 Å². The van der Waals surface area contributed by atoms with Crippen LogP contribution in [0.1, 0.15) is 29.9 Å². The molecule has 3 rings (SSSR count). The fourth-order valence-corrected chi connectivity index (χ4v) is 3.80. The molecule has 8 nitrogen and oxygen atoms in total. The van der Waals surface area contributed by atoms with E-state index in [2.05, 4.69) is 20.4 Å². The summed E-state index contributed by atoms with van der Waals surface area (Å²) in [6.45, 7) is 6.04. The van der Waals surface area contributed by atoms with Crippen LogP contribution in [0.3, 0.4) is 0 Å². The number of fused-ring (bicyclic) bond motifs is 1. The average Bonchev–Trinajstić information content (AvgIpc) is 2.98. The number of hydrogen-bond donors (Lipinski definition) is 1. The van der Waals surface area contributed by atoms with Crippen molar-refractivity contribution in [1.29, 1.82) is 0 Å². The van der Waals surface area contributed by atoms with Crippen LogP contribution in [-0.4, -0.2) is 31.4 Å². The van der Waals surface area contributed by atoms with Crippen molar-refractivity contribution in [1.82, 2.24) is 25.0 Å². The average molecular weight is 349 g/mol. The number of aryl methyl sites for hydroxylation is 2. The molecule has 0 aromatic carbocycles. The lowest BCUT2D eigenvalue weighted by Gasteiger charge is -2.25. The van der Waals surface area contributed by atoms with Gasteiger partial charge in [0.15, 0.2) is 11.0 Å². The molecule has 1 aliphatic rings. The molecule has 3 heterocycles. The summed E-state index contributed by atoms with van der Waals surface area (Å²) in [5, 5.41) is 7.15. The van der Waals surface area contributed by atoms with Gasteiger partial charge in [0.05, 0.1) is 12.5 Å². The second-order valence-corrected chi connectivity index (χ2v) is 6.68. The quantitative estimate of drug-likeness (QED) is 0.816. The van der Waals surface area contributed by atoms with E-state index in [1.807, 2.05) is 13.8 Å². The van der Waals surface area contributed by atoms with Crippen LogP contribution in [0.2, 0.25) is 0 Å². The molecule has 1 atom stereocenters. The van der Waals surface area contributed by atoms with Gasteiger partial charge in [0.1, 0.15) is 0 Å². The molecule has 2 aromatic rings. The number of amides is 1. The Morgan fingerprint density at radius 3 is 2.88 bits per heavy atom. The van der Waals surface area contributed by atoms with Crippen LogP contribution < -0.4 is 10.9 Å². The molecule has 0 saturated carbocycles. The normalized spacial score (nSPS) is 16.7. The topological polar surface area (TPSA) is 103 Å². The van der Waals surface area contributed by atoms with Gasteiger partial charge < -0.3 is 9.84 Å². The Labute approximate surface area is 143 Å².